The number of carbonyl (C=O) groups excluding carboxylic acids is 2. The third kappa shape index (κ3) is 2.79. The molecule has 0 bridgehead atoms. The van der Waals surface area contributed by atoms with Crippen LogP contribution >= 0.6 is 0 Å². The number of Topliss-reactive ketones (excluding diaryl/α,β-unsaturated/α-hetero) is 1. The van der Waals surface area contributed by atoms with Crippen molar-refractivity contribution in [1.82, 2.24) is 0 Å². The molecule has 3 rings (SSSR count). The van der Waals surface area contributed by atoms with Crippen LogP contribution in [0, 0.1) is 22.7 Å². The number of carbonyl (C=O) groups is 2. The first-order valence-electron chi connectivity index (χ1n) is 10.1. The Kier molecular flexibility index (Phi) is 4.89. The van der Waals surface area contributed by atoms with Crippen molar-refractivity contribution in [2.24, 2.45) is 22.7 Å². The van der Waals surface area contributed by atoms with Crippen molar-refractivity contribution in [3.05, 3.63) is 12.7 Å². The zero-order chi connectivity index (χ0) is 21.3. The Bertz CT molecular complexity index is 701. The maximum Gasteiger partial charge on any atom is 0.303 e. The molecule has 3 fully saturated rings. The Morgan fingerprint density at radius 2 is 1.86 bits per heavy atom. The van der Waals surface area contributed by atoms with Crippen LogP contribution in [0.25, 0.3) is 0 Å². The van der Waals surface area contributed by atoms with Gasteiger partial charge in [0, 0.05) is 24.7 Å². The second kappa shape index (κ2) is 6.38. The number of hydrogen-bond donors (Lipinski definition) is 2. The van der Waals surface area contributed by atoms with E-state index in [4.69, 9.17) is 9.47 Å². The highest BCUT2D eigenvalue weighted by Crippen LogP contribution is 2.65. The van der Waals surface area contributed by atoms with E-state index >= 15 is 0 Å². The number of aliphatic hydroxyl groups excluding tert-OH is 2. The molecule has 3 aliphatic rings. The van der Waals surface area contributed by atoms with Crippen LogP contribution in [0.4, 0.5) is 0 Å². The summed E-state index contributed by atoms with van der Waals surface area (Å²) in [5.74, 6) is -1.72. The van der Waals surface area contributed by atoms with Gasteiger partial charge in [-0.15, -0.1) is 6.58 Å². The van der Waals surface area contributed by atoms with Gasteiger partial charge in [-0.2, -0.15) is 0 Å². The molecule has 0 amide bonds. The van der Waals surface area contributed by atoms with Crippen molar-refractivity contribution in [3.63, 3.8) is 0 Å². The Morgan fingerprint density at radius 3 is 2.39 bits per heavy atom. The molecule has 1 aliphatic heterocycles. The van der Waals surface area contributed by atoms with E-state index in [1.165, 1.54) is 6.92 Å². The van der Waals surface area contributed by atoms with E-state index in [9.17, 15) is 19.8 Å². The number of ether oxygens (including phenoxy) is 2. The molecule has 6 nitrogen and oxygen atoms in total. The first kappa shape index (κ1) is 21.5. The van der Waals surface area contributed by atoms with Crippen molar-refractivity contribution in [1.29, 1.82) is 0 Å². The topological polar surface area (TPSA) is 93.1 Å². The lowest BCUT2D eigenvalue weighted by molar-refractivity contribution is -0.321. The summed E-state index contributed by atoms with van der Waals surface area (Å²) in [5.41, 5.74) is -3.44. The standard InChI is InChI=1S/C22H34O6/c1-8-20(5)11-13(24)16-21(6)14(25)9-10-19(3,4)17(21)15(26)18(27-12(2)23)22(16,7)28-20/h8,14-18,25-26H,1,9-11H2,2-7H3/t14-,15?,16?,17?,18?,20-,21?,22-/m0/s1. The van der Waals surface area contributed by atoms with Gasteiger partial charge in [0.05, 0.1) is 23.7 Å². The number of hydrogen-bond acceptors (Lipinski definition) is 6. The molecule has 6 heteroatoms. The van der Waals surface area contributed by atoms with Gasteiger partial charge >= 0.3 is 5.97 Å². The van der Waals surface area contributed by atoms with Gasteiger partial charge in [-0.25, -0.2) is 0 Å². The lowest BCUT2D eigenvalue weighted by Crippen LogP contribution is -2.77. The number of rotatable bonds is 2. The Labute approximate surface area is 167 Å². The van der Waals surface area contributed by atoms with E-state index in [0.29, 0.717) is 12.8 Å². The van der Waals surface area contributed by atoms with Gasteiger partial charge in [-0.3, -0.25) is 9.59 Å². The lowest BCUT2D eigenvalue weighted by Gasteiger charge is -2.68. The van der Waals surface area contributed by atoms with Gasteiger partial charge < -0.3 is 19.7 Å². The molecule has 0 aromatic rings. The predicted octanol–water partition coefficient (Wildman–Crippen LogP) is 2.41. The molecule has 28 heavy (non-hydrogen) atoms. The summed E-state index contributed by atoms with van der Waals surface area (Å²) in [6.45, 7) is 14.6. The second-order valence-corrected chi connectivity index (χ2v) is 10.3. The SMILES string of the molecule is C=C[C@@]1(C)CC(=O)C2C3(C)C(C(O)C(OC(C)=O)[C@@]2(C)O1)C(C)(C)CC[C@@H]3O. The highest BCUT2D eigenvalue weighted by molar-refractivity contribution is 5.86. The molecule has 1 heterocycles. The van der Waals surface area contributed by atoms with Gasteiger partial charge in [-0.1, -0.05) is 26.8 Å². The van der Waals surface area contributed by atoms with Crippen LogP contribution < -0.4 is 0 Å². The molecule has 0 aromatic carbocycles. The zero-order valence-electron chi connectivity index (χ0n) is 17.8. The van der Waals surface area contributed by atoms with E-state index in [-0.39, 0.29) is 17.6 Å². The van der Waals surface area contributed by atoms with Gasteiger partial charge in [0.25, 0.3) is 0 Å². The number of esters is 1. The van der Waals surface area contributed by atoms with Crippen LogP contribution in [-0.2, 0) is 19.1 Å². The predicted molar refractivity (Wildman–Crippen MR) is 103 cm³/mol. The van der Waals surface area contributed by atoms with Gasteiger partial charge in [0.15, 0.2) is 6.10 Å². The monoisotopic (exact) mass is 394 g/mol. The van der Waals surface area contributed by atoms with Crippen LogP contribution in [0.3, 0.4) is 0 Å². The summed E-state index contributed by atoms with van der Waals surface area (Å²) in [6, 6.07) is 0. The minimum atomic E-state index is -1.27. The molecular weight excluding hydrogens is 360 g/mol. The molecule has 8 atom stereocenters. The molecule has 0 aromatic heterocycles. The molecule has 2 aliphatic carbocycles. The van der Waals surface area contributed by atoms with Crippen molar-refractivity contribution < 1.29 is 29.3 Å². The second-order valence-electron chi connectivity index (χ2n) is 10.3. The van der Waals surface area contributed by atoms with E-state index < -0.39 is 52.7 Å². The van der Waals surface area contributed by atoms with Crippen LogP contribution in [0.1, 0.15) is 60.8 Å². The molecule has 5 unspecified atom stereocenters. The van der Waals surface area contributed by atoms with Crippen LogP contribution in [0.15, 0.2) is 12.7 Å². The molecule has 0 spiro atoms. The fourth-order valence-corrected chi connectivity index (χ4v) is 6.77. The summed E-state index contributed by atoms with van der Waals surface area (Å²) in [4.78, 5) is 25.4. The normalized spacial score (nSPS) is 50.3. The molecular formula is C22H34O6. The smallest absolute Gasteiger partial charge is 0.303 e. The number of fused-ring (bicyclic) bond motifs is 3. The van der Waals surface area contributed by atoms with E-state index in [0.717, 1.165) is 0 Å². The summed E-state index contributed by atoms with van der Waals surface area (Å²) in [5, 5.41) is 22.6. The number of ketones is 1. The van der Waals surface area contributed by atoms with Crippen LogP contribution in [0.5, 0.6) is 0 Å². The van der Waals surface area contributed by atoms with Crippen LogP contribution in [-0.4, -0.2) is 51.5 Å². The summed E-state index contributed by atoms with van der Waals surface area (Å²) in [7, 11) is 0. The Balaban J connectivity index is 2.24. The maximum absolute atomic E-state index is 13.5. The summed E-state index contributed by atoms with van der Waals surface area (Å²) < 4.78 is 12.0. The maximum atomic E-state index is 13.5. The van der Waals surface area contributed by atoms with Crippen molar-refractivity contribution in [2.75, 3.05) is 0 Å². The molecule has 2 saturated carbocycles. The first-order valence-corrected chi connectivity index (χ1v) is 10.1. The summed E-state index contributed by atoms with van der Waals surface area (Å²) >= 11 is 0. The van der Waals surface area contributed by atoms with Gasteiger partial charge in [0.1, 0.15) is 11.4 Å². The molecule has 158 valence electrons. The van der Waals surface area contributed by atoms with E-state index in [1.54, 1.807) is 19.9 Å². The fourth-order valence-electron chi connectivity index (χ4n) is 6.77. The molecule has 2 N–H and O–H groups in total. The fraction of sp³-hybridized carbons (Fsp3) is 0.818. The average molecular weight is 395 g/mol. The molecule has 0 radical (unpaired) electrons. The minimum absolute atomic E-state index is 0.0514. The minimum Gasteiger partial charge on any atom is -0.457 e. The summed E-state index contributed by atoms with van der Waals surface area (Å²) in [6.07, 6.45) is 0.128. The third-order valence-corrected chi connectivity index (χ3v) is 7.73. The number of aliphatic hydroxyl groups is 2. The highest BCUT2D eigenvalue weighted by atomic mass is 16.6. The highest BCUT2D eigenvalue weighted by Gasteiger charge is 2.73. The largest absolute Gasteiger partial charge is 0.457 e. The zero-order valence-corrected chi connectivity index (χ0v) is 17.8. The van der Waals surface area contributed by atoms with Crippen LogP contribution in [0.2, 0.25) is 0 Å². The third-order valence-electron chi connectivity index (χ3n) is 7.73. The van der Waals surface area contributed by atoms with E-state index in [1.807, 2.05) is 20.8 Å². The lowest BCUT2D eigenvalue weighted by atomic mass is 9.41. The molecule has 1 saturated heterocycles. The first-order chi connectivity index (χ1) is 12.7. The Morgan fingerprint density at radius 1 is 1.25 bits per heavy atom. The van der Waals surface area contributed by atoms with E-state index in [2.05, 4.69) is 6.58 Å². The van der Waals surface area contributed by atoms with Crippen molar-refractivity contribution in [3.8, 4) is 0 Å². The van der Waals surface area contributed by atoms with Gasteiger partial charge in [-0.05, 0) is 32.1 Å². The Hall–Kier alpha value is -1.24. The van der Waals surface area contributed by atoms with Gasteiger partial charge in [0.2, 0.25) is 0 Å². The quantitative estimate of drug-likeness (QED) is 0.552. The van der Waals surface area contributed by atoms with Crippen molar-refractivity contribution >= 4 is 11.8 Å². The van der Waals surface area contributed by atoms with Crippen molar-refractivity contribution in [2.45, 2.75) is 90.3 Å². The average Bonchev–Trinajstić information content (AvgIpc) is 2.54.